The summed E-state index contributed by atoms with van der Waals surface area (Å²) >= 11 is 0. The maximum absolute atomic E-state index is 11.5. The first-order chi connectivity index (χ1) is 7.55. The Labute approximate surface area is 94.1 Å². The van der Waals surface area contributed by atoms with Crippen LogP contribution in [0.25, 0.3) is 0 Å². The van der Waals surface area contributed by atoms with Crippen molar-refractivity contribution in [1.82, 2.24) is 0 Å². The zero-order chi connectivity index (χ0) is 12.2. The van der Waals surface area contributed by atoms with Crippen LogP contribution in [-0.2, 0) is 23.9 Å². The first-order valence-corrected chi connectivity index (χ1v) is 5.43. The van der Waals surface area contributed by atoms with Crippen LogP contribution < -0.4 is 0 Å². The van der Waals surface area contributed by atoms with Gasteiger partial charge in [-0.15, -0.1) is 0 Å². The molecule has 0 bridgehead atoms. The van der Waals surface area contributed by atoms with Crippen molar-refractivity contribution in [3.8, 4) is 0 Å². The van der Waals surface area contributed by atoms with Gasteiger partial charge in [0.1, 0.15) is 0 Å². The first-order valence-electron chi connectivity index (χ1n) is 5.43. The molecule has 0 spiro atoms. The molecular formula is C11H16O5. The van der Waals surface area contributed by atoms with Crippen molar-refractivity contribution >= 4 is 17.7 Å². The van der Waals surface area contributed by atoms with E-state index < -0.39 is 17.2 Å². The molecule has 0 atom stereocenters. The van der Waals surface area contributed by atoms with Gasteiger partial charge in [0.05, 0.1) is 18.6 Å². The molecule has 0 heterocycles. The number of esters is 2. The average molecular weight is 228 g/mol. The van der Waals surface area contributed by atoms with Crippen molar-refractivity contribution in [2.45, 2.75) is 33.1 Å². The molecule has 1 aliphatic rings. The minimum atomic E-state index is -0.863. The predicted octanol–water partition coefficient (Wildman–Crippen LogP) is 0.852. The second-order valence-electron chi connectivity index (χ2n) is 3.82. The molecule has 0 aromatic carbocycles. The van der Waals surface area contributed by atoms with E-state index in [-0.39, 0.29) is 25.6 Å². The SMILES string of the molecule is CCOC(=O)C(=O)CC1(C(=O)OCC)CC1. The summed E-state index contributed by atoms with van der Waals surface area (Å²) in [6.45, 7) is 3.79. The van der Waals surface area contributed by atoms with E-state index >= 15 is 0 Å². The Kier molecular flexibility index (Phi) is 4.04. The molecular weight excluding hydrogens is 212 g/mol. The zero-order valence-electron chi connectivity index (χ0n) is 9.58. The van der Waals surface area contributed by atoms with Gasteiger partial charge in [-0.05, 0) is 26.7 Å². The molecule has 5 heteroatoms. The van der Waals surface area contributed by atoms with Crippen LogP contribution >= 0.6 is 0 Å². The molecule has 0 aliphatic heterocycles. The number of hydrogen-bond donors (Lipinski definition) is 0. The summed E-state index contributed by atoms with van der Waals surface area (Å²) in [7, 11) is 0. The number of ketones is 1. The minimum absolute atomic E-state index is 0.0926. The molecule has 0 aromatic rings. The third kappa shape index (κ3) is 2.81. The van der Waals surface area contributed by atoms with Crippen LogP contribution in [0.4, 0.5) is 0 Å². The lowest BCUT2D eigenvalue weighted by Gasteiger charge is -2.11. The fourth-order valence-corrected chi connectivity index (χ4v) is 1.48. The normalized spacial score (nSPS) is 16.4. The molecule has 1 fully saturated rings. The summed E-state index contributed by atoms with van der Waals surface area (Å²) in [5, 5.41) is 0. The monoisotopic (exact) mass is 228 g/mol. The second-order valence-corrected chi connectivity index (χ2v) is 3.82. The molecule has 0 N–H and O–H groups in total. The number of rotatable bonds is 6. The predicted molar refractivity (Wildman–Crippen MR) is 54.6 cm³/mol. The standard InChI is InChI=1S/C11H16O5/c1-3-15-9(13)8(12)7-11(5-6-11)10(14)16-4-2/h3-7H2,1-2H3. The third-order valence-electron chi connectivity index (χ3n) is 2.56. The largest absolute Gasteiger partial charge is 0.466 e. The van der Waals surface area contributed by atoms with Gasteiger partial charge in [0.2, 0.25) is 5.78 Å². The zero-order valence-corrected chi connectivity index (χ0v) is 9.58. The Hall–Kier alpha value is -1.39. The highest BCUT2D eigenvalue weighted by molar-refractivity contribution is 6.34. The van der Waals surface area contributed by atoms with Crippen molar-refractivity contribution in [1.29, 1.82) is 0 Å². The Morgan fingerprint density at radius 1 is 1.06 bits per heavy atom. The van der Waals surface area contributed by atoms with E-state index in [0.717, 1.165) is 0 Å². The molecule has 1 rings (SSSR count). The van der Waals surface area contributed by atoms with E-state index in [1.807, 2.05) is 0 Å². The topological polar surface area (TPSA) is 69.7 Å². The Morgan fingerprint density at radius 3 is 2.06 bits per heavy atom. The summed E-state index contributed by atoms with van der Waals surface area (Å²) in [4.78, 5) is 34.0. The first kappa shape index (κ1) is 12.7. The number of hydrogen-bond acceptors (Lipinski definition) is 5. The smallest absolute Gasteiger partial charge is 0.374 e. The summed E-state index contributed by atoms with van der Waals surface area (Å²) in [5.74, 6) is -1.89. The average Bonchev–Trinajstić information content (AvgIpc) is 2.99. The molecule has 1 saturated carbocycles. The molecule has 0 saturated heterocycles. The van der Waals surface area contributed by atoms with Crippen LogP contribution in [0.1, 0.15) is 33.1 Å². The quantitative estimate of drug-likeness (QED) is 0.498. The van der Waals surface area contributed by atoms with Gasteiger partial charge in [-0.2, -0.15) is 0 Å². The van der Waals surface area contributed by atoms with Crippen molar-refractivity contribution in [3.63, 3.8) is 0 Å². The lowest BCUT2D eigenvalue weighted by atomic mass is 10.00. The van der Waals surface area contributed by atoms with E-state index in [0.29, 0.717) is 12.8 Å². The van der Waals surface area contributed by atoms with Crippen LogP contribution in [0.5, 0.6) is 0 Å². The maximum Gasteiger partial charge on any atom is 0.374 e. The highest BCUT2D eigenvalue weighted by Crippen LogP contribution is 2.50. The number of carbonyl (C=O) groups is 3. The van der Waals surface area contributed by atoms with Gasteiger partial charge < -0.3 is 9.47 Å². The fraction of sp³-hybridized carbons (Fsp3) is 0.727. The van der Waals surface area contributed by atoms with E-state index in [2.05, 4.69) is 4.74 Å². The second kappa shape index (κ2) is 5.09. The fourth-order valence-electron chi connectivity index (χ4n) is 1.48. The van der Waals surface area contributed by atoms with E-state index in [1.165, 1.54) is 0 Å². The van der Waals surface area contributed by atoms with Gasteiger partial charge in [-0.25, -0.2) is 4.79 Å². The van der Waals surface area contributed by atoms with Crippen LogP contribution in [0.15, 0.2) is 0 Å². The molecule has 0 amide bonds. The van der Waals surface area contributed by atoms with Gasteiger partial charge in [0.15, 0.2) is 0 Å². The van der Waals surface area contributed by atoms with Crippen molar-refractivity contribution in [3.05, 3.63) is 0 Å². The van der Waals surface area contributed by atoms with Crippen LogP contribution in [0.3, 0.4) is 0 Å². The summed E-state index contributed by atoms with van der Waals surface area (Å²) in [6.07, 6.45) is 1.12. The maximum atomic E-state index is 11.5. The summed E-state index contributed by atoms with van der Waals surface area (Å²) in [6, 6.07) is 0. The molecule has 16 heavy (non-hydrogen) atoms. The molecule has 0 unspecified atom stereocenters. The minimum Gasteiger partial charge on any atom is -0.466 e. The number of carbonyl (C=O) groups excluding carboxylic acids is 3. The summed E-state index contributed by atoms with van der Waals surface area (Å²) in [5.41, 5.74) is -0.750. The van der Waals surface area contributed by atoms with Crippen molar-refractivity contribution in [2.24, 2.45) is 5.41 Å². The number of Topliss-reactive ketones (excluding diaryl/α,β-unsaturated/α-hetero) is 1. The van der Waals surface area contributed by atoms with Crippen LogP contribution in [-0.4, -0.2) is 30.9 Å². The molecule has 1 aliphatic carbocycles. The third-order valence-corrected chi connectivity index (χ3v) is 2.56. The summed E-state index contributed by atoms with van der Waals surface area (Å²) < 4.78 is 9.44. The van der Waals surface area contributed by atoms with Gasteiger partial charge >= 0.3 is 11.9 Å². The van der Waals surface area contributed by atoms with Crippen molar-refractivity contribution < 1.29 is 23.9 Å². The number of ether oxygens (including phenoxy) is 2. The van der Waals surface area contributed by atoms with Gasteiger partial charge in [0, 0.05) is 6.42 Å². The molecule has 90 valence electrons. The lowest BCUT2D eigenvalue weighted by molar-refractivity contribution is -0.157. The van der Waals surface area contributed by atoms with Gasteiger partial charge in [0.25, 0.3) is 0 Å². The molecule has 5 nitrogen and oxygen atoms in total. The Bertz CT molecular complexity index is 303. The van der Waals surface area contributed by atoms with Crippen LogP contribution in [0.2, 0.25) is 0 Å². The highest BCUT2D eigenvalue weighted by Gasteiger charge is 2.53. The van der Waals surface area contributed by atoms with E-state index in [9.17, 15) is 14.4 Å². The van der Waals surface area contributed by atoms with Crippen molar-refractivity contribution in [2.75, 3.05) is 13.2 Å². The van der Waals surface area contributed by atoms with Gasteiger partial charge in [-0.3, -0.25) is 9.59 Å². The van der Waals surface area contributed by atoms with Gasteiger partial charge in [-0.1, -0.05) is 0 Å². The molecule has 0 radical (unpaired) electrons. The molecule has 0 aromatic heterocycles. The van der Waals surface area contributed by atoms with Crippen LogP contribution in [0, 0.1) is 5.41 Å². The Balaban J connectivity index is 2.50. The lowest BCUT2D eigenvalue weighted by Crippen LogP contribution is -2.27. The Morgan fingerprint density at radius 2 is 1.62 bits per heavy atom. The highest BCUT2D eigenvalue weighted by atomic mass is 16.5. The van der Waals surface area contributed by atoms with E-state index in [4.69, 9.17) is 4.74 Å². The van der Waals surface area contributed by atoms with E-state index in [1.54, 1.807) is 13.8 Å².